The summed E-state index contributed by atoms with van der Waals surface area (Å²) in [7, 11) is 0. The zero-order valence-corrected chi connectivity index (χ0v) is 12.2. The maximum Gasteiger partial charge on any atom is 0.118 e. The van der Waals surface area contributed by atoms with Crippen molar-refractivity contribution in [3.63, 3.8) is 0 Å². The first-order valence-corrected chi connectivity index (χ1v) is 6.13. The summed E-state index contributed by atoms with van der Waals surface area (Å²) in [4.78, 5) is 0. The zero-order chi connectivity index (χ0) is 13.1. The van der Waals surface area contributed by atoms with Gasteiger partial charge in [-0.05, 0) is 35.3 Å². The van der Waals surface area contributed by atoms with E-state index < -0.39 is 0 Å². The largest absolute Gasteiger partial charge is 0.508 e. The van der Waals surface area contributed by atoms with Gasteiger partial charge in [-0.1, -0.05) is 54.5 Å². The lowest BCUT2D eigenvalue weighted by atomic mass is 9.79. The minimum atomic E-state index is -0.00734. The predicted octanol–water partition coefficient (Wildman–Crippen LogP) is 5.25. The van der Waals surface area contributed by atoms with Crippen LogP contribution in [-0.2, 0) is 0 Å². The fourth-order valence-corrected chi connectivity index (χ4v) is 1.52. The minimum absolute atomic E-state index is 0.00734. The van der Waals surface area contributed by atoms with E-state index in [0.29, 0.717) is 5.76 Å². The average molecular weight is 224 g/mol. The van der Waals surface area contributed by atoms with Gasteiger partial charge >= 0.3 is 0 Å². The van der Waals surface area contributed by atoms with Gasteiger partial charge in [-0.3, -0.25) is 0 Å². The maximum atomic E-state index is 10.4. The van der Waals surface area contributed by atoms with E-state index in [4.69, 9.17) is 0 Å². The van der Waals surface area contributed by atoms with Crippen molar-refractivity contribution < 1.29 is 5.11 Å². The summed E-state index contributed by atoms with van der Waals surface area (Å²) >= 11 is 0. The molecule has 0 fully saturated rings. The van der Waals surface area contributed by atoms with Crippen molar-refractivity contribution in [1.29, 1.82) is 0 Å². The van der Waals surface area contributed by atoms with E-state index in [1.807, 2.05) is 6.92 Å². The predicted molar refractivity (Wildman–Crippen MR) is 72.6 cm³/mol. The minimum Gasteiger partial charge on any atom is -0.508 e. The van der Waals surface area contributed by atoms with Gasteiger partial charge < -0.3 is 5.11 Å². The molecule has 0 unspecified atom stereocenters. The van der Waals surface area contributed by atoms with E-state index in [1.54, 1.807) is 0 Å². The second kappa shape index (κ2) is 5.07. The van der Waals surface area contributed by atoms with Gasteiger partial charge in [0.2, 0.25) is 0 Å². The Hall–Kier alpha value is -0.720. The first-order chi connectivity index (χ1) is 7.01. The van der Waals surface area contributed by atoms with Gasteiger partial charge in [0.1, 0.15) is 5.76 Å². The molecule has 0 aliphatic carbocycles. The lowest BCUT2D eigenvalue weighted by Gasteiger charge is -2.28. The van der Waals surface area contributed by atoms with Gasteiger partial charge in [0, 0.05) is 0 Å². The Morgan fingerprint density at radius 1 is 1.00 bits per heavy atom. The Morgan fingerprint density at radius 3 is 1.69 bits per heavy atom. The fraction of sp³-hybridized carbons (Fsp3) is 0.733. The van der Waals surface area contributed by atoms with Gasteiger partial charge in [-0.15, -0.1) is 0 Å². The molecule has 0 saturated heterocycles. The number of aliphatic hydroxyl groups excluding tert-OH is 1. The van der Waals surface area contributed by atoms with Crippen molar-refractivity contribution in [1.82, 2.24) is 0 Å². The summed E-state index contributed by atoms with van der Waals surface area (Å²) in [5.41, 5.74) is 2.12. The third-order valence-electron chi connectivity index (χ3n) is 2.95. The van der Waals surface area contributed by atoms with E-state index in [9.17, 15) is 5.11 Å². The number of hydrogen-bond donors (Lipinski definition) is 1. The Labute approximate surface area is 101 Å². The molecule has 0 aromatic rings. The van der Waals surface area contributed by atoms with Crippen LogP contribution in [0.4, 0.5) is 0 Å². The van der Waals surface area contributed by atoms with Crippen LogP contribution in [0.2, 0.25) is 0 Å². The van der Waals surface area contributed by atoms with Gasteiger partial charge in [-0.2, -0.15) is 0 Å². The average Bonchev–Trinajstić information content (AvgIpc) is 2.08. The summed E-state index contributed by atoms with van der Waals surface area (Å²) in [5, 5.41) is 10.4. The Balaban J connectivity index is 5.53. The Bertz CT molecular complexity index is 292. The highest BCUT2D eigenvalue weighted by Gasteiger charge is 2.25. The quantitative estimate of drug-likeness (QED) is 0.502. The van der Waals surface area contributed by atoms with E-state index in [1.165, 1.54) is 0 Å². The molecule has 16 heavy (non-hydrogen) atoms. The number of rotatable bonds is 2. The summed E-state index contributed by atoms with van der Waals surface area (Å²) in [5.74, 6) is 0.474. The van der Waals surface area contributed by atoms with Crippen molar-refractivity contribution in [3.05, 3.63) is 23.0 Å². The molecule has 94 valence electrons. The van der Waals surface area contributed by atoms with Gasteiger partial charge in [0.05, 0.1) is 0 Å². The third-order valence-corrected chi connectivity index (χ3v) is 2.95. The first kappa shape index (κ1) is 15.3. The summed E-state index contributed by atoms with van der Waals surface area (Å²) in [6, 6.07) is 0. The van der Waals surface area contributed by atoms with Gasteiger partial charge in [-0.25, -0.2) is 0 Å². The van der Waals surface area contributed by atoms with Crippen LogP contribution in [0.25, 0.3) is 0 Å². The number of hydrogen-bond acceptors (Lipinski definition) is 1. The molecule has 1 nitrogen and oxygen atoms in total. The van der Waals surface area contributed by atoms with Crippen molar-refractivity contribution in [2.24, 2.45) is 10.8 Å². The van der Waals surface area contributed by atoms with Crippen molar-refractivity contribution >= 4 is 0 Å². The molecule has 0 aliphatic heterocycles. The summed E-state index contributed by atoms with van der Waals surface area (Å²) in [6.07, 6.45) is 3.08. The molecule has 0 aliphatic rings. The second-order valence-electron chi connectivity index (χ2n) is 6.50. The molecular formula is C15H28O. The molecule has 1 heteroatoms. The first-order valence-electron chi connectivity index (χ1n) is 6.13. The van der Waals surface area contributed by atoms with Crippen LogP contribution in [0, 0.1) is 10.8 Å². The smallest absolute Gasteiger partial charge is 0.118 e. The second-order valence-corrected chi connectivity index (χ2v) is 6.50. The standard InChI is InChI=1S/C15H28O/c1-9-10-12(15(6,7)8)13(16)11(2)14(3,4)5/h10,16H,9H2,1-8H3/b12-10+,13-11-. The summed E-state index contributed by atoms with van der Waals surface area (Å²) in [6.45, 7) is 16.9. The Morgan fingerprint density at radius 2 is 1.44 bits per heavy atom. The van der Waals surface area contributed by atoms with Crippen molar-refractivity contribution in [2.45, 2.75) is 61.8 Å². The topological polar surface area (TPSA) is 20.2 Å². The van der Waals surface area contributed by atoms with E-state index in [2.05, 4.69) is 54.5 Å². The lowest BCUT2D eigenvalue weighted by molar-refractivity contribution is 0.351. The molecule has 0 bridgehead atoms. The van der Waals surface area contributed by atoms with Crippen LogP contribution < -0.4 is 0 Å². The molecule has 0 spiro atoms. The Kier molecular flexibility index (Phi) is 4.85. The SMILES string of the molecule is CC/C=C(\C(O)=C(/C)C(C)(C)C)C(C)(C)C. The van der Waals surface area contributed by atoms with E-state index >= 15 is 0 Å². The number of aliphatic hydroxyl groups is 1. The normalized spacial score (nSPS) is 16.1. The fourth-order valence-electron chi connectivity index (χ4n) is 1.52. The van der Waals surface area contributed by atoms with Crippen LogP contribution in [0.1, 0.15) is 61.8 Å². The zero-order valence-electron chi connectivity index (χ0n) is 12.2. The molecule has 1 N–H and O–H groups in total. The molecule has 0 heterocycles. The highest BCUT2D eigenvalue weighted by atomic mass is 16.3. The van der Waals surface area contributed by atoms with Crippen molar-refractivity contribution in [2.75, 3.05) is 0 Å². The van der Waals surface area contributed by atoms with Crippen LogP contribution >= 0.6 is 0 Å². The maximum absolute atomic E-state index is 10.4. The molecule has 0 aromatic carbocycles. The van der Waals surface area contributed by atoms with Gasteiger partial charge in [0.15, 0.2) is 0 Å². The highest BCUT2D eigenvalue weighted by molar-refractivity contribution is 5.35. The number of allylic oxidation sites excluding steroid dienone is 3. The van der Waals surface area contributed by atoms with Crippen LogP contribution in [-0.4, -0.2) is 5.11 Å². The molecule has 0 saturated carbocycles. The van der Waals surface area contributed by atoms with E-state index in [0.717, 1.165) is 17.6 Å². The van der Waals surface area contributed by atoms with Crippen LogP contribution in [0.5, 0.6) is 0 Å². The van der Waals surface area contributed by atoms with E-state index in [-0.39, 0.29) is 10.8 Å². The molecule has 0 rings (SSSR count). The monoisotopic (exact) mass is 224 g/mol. The van der Waals surface area contributed by atoms with Crippen LogP contribution in [0.3, 0.4) is 0 Å². The highest BCUT2D eigenvalue weighted by Crippen LogP contribution is 2.36. The van der Waals surface area contributed by atoms with Crippen LogP contribution in [0.15, 0.2) is 23.0 Å². The lowest BCUT2D eigenvalue weighted by Crippen LogP contribution is -2.17. The molecule has 0 atom stereocenters. The molecule has 0 amide bonds. The van der Waals surface area contributed by atoms with Crippen molar-refractivity contribution in [3.8, 4) is 0 Å². The molecule has 0 aromatic heterocycles. The summed E-state index contributed by atoms with van der Waals surface area (Å²) < 4.78 is 0. The molecular weight excluding hydrogens is 196 g/mol. The van der Waals surface area contributed by atoms with Gasteiger partial charge in [0.25, 0.3) is 0 Å². The third kappa shape index (κ3) is 4.03. The molecule has 0 radical (unpaired) electrons.